The van der Waals surface area contributed by atoms with Crippen molar-refractivity contribution < 1.29 is 0 Å². The molecule has 0 amide bonds. The minimum atomic E-state index is 0. The maximum atomic E-state index is 6.15. The lowest BCUT2D eigenvalue weighted by molar-refractivity contribution is 0.254. The van der Waals surface area contributed by atoms with Crippen LogP contribution in [0.2, 0.25) is 0 Å². The zero-order chi connectivity index (χ0) is 14.4. The molecule has 20 heavy (non-hydrogen) atoms. The minimum absolute atomic E-state index is 0. The third-order valence-corrected chi connectivity index (χ3v) is 3.92. The molecule has 1 rings (SSSR count). The van der Waals surface area contributed by atoms with Crippen LogP contribution in [0.3, 0.4) is 0 Å². The number of likely N-dealkylation sites (N-methyl/N-ethyl adjacent to an activating group) is 1. The first kappa shape index (κ1) is 20.0. The van der Waals surface area contributed by atoms with E-state index in [1.165, 1.54) is 19.3 Å². The number of piperidine rings is 1. The number of likely N-dealkylation sites (tertiary alicyclic amines) is 1. The van der Waals surface area contributed by atoms with E-state index in [2.05, 4.69) is 49.7 Å². The topological polar surface area (TPSA) is 44.9 Å². The average Bonchev–Trinajstić information content (AvgIpc) is 2.33. The van der Waals surface area contributed by atoms with Crippen molar-refractivity contribution in [1.29, 1.82) is 0 Å². The van der Waals surface area contributed by atoms with E-state index in [1.54, 1.807) is 0 Å². The molecule has 2 unspecified atom stereocenters. The molecule has 0 spiro atoms. The van der Waals surface area contributed by atoms with Gasteiger partial charge in [-0.3, -0.25) is 4.99 Å². The molecule has 2 atom stereocenters. The van der Waals surface area contributed by atoms with E-state index in [0.717, 1.165) is 31.5 Å². The van der Waals surface area contributed by atoms with Crippen LogP contribution < -0.4 is 5.73 Å². The normalized spacial score (nSPS) is 22.1. The van der Waals surface area contributed by atoms with Gasteiger partial charge in [-0.25, -0.2) is 0 Å². The zero-order valence-electron chi connectivity index (χ0n) is 13.8. The van der Waals surface area contributed by atoms with Crippen molar-refractivity contribution in [2.45, 2.75) is 46.1 Å². The van der Waals surface area contributed by atoms with Crippen LogP contribution in [-0.4, -0.2) is 55.5 Å². The van der Waals surface area contributed by atoms with Crippen LogP contribution in [0.4, 0.5) is 0 Å². The van der Waals surface area contributed by atoms with Gasteiger partial charge in [0.1, 0.15) is 0 Å². The molecule has 0 aromatic carbocycles. The highest BCUT2D eigenvalue weighted by Crippen LogP contribution is 2.15. The lowest BCUT2D eigenvalue weighted by Gasteiger charge is -2.32. The smallest absolute Gasteiger partial charge is 0.191 e. The molecule has 1 saturated heterocycles. The molecular weight excluding hydrogens is 363 g/mol. The fraction of sp³-hybridized carbons (Fsp3) is 0.933. The number of nitrogens with zero attached hydrogens (tertiary/aromatic N) is 3. The van der Waals surface area contributed by atoms with Crippen molar-refractivity contribution in [3.63, 3.8) is 0 Å². The first-order valence-corrected chi connectivity index (χ1v) is 7.61. The Morgan fingerprint density at radius 1 is 1.40 bits per heavy atom. The van der Waals surface area contributed by atoms with Gasteiger partial charge in [-0.1, -0.05) is 20.8 Å². The molecular formula is C15H33IN4. The molecule has 1 aliphatic rings. The summed E-state index contributed by atoms with van der Waals surface area (Å²) in [5, 5.41) is 0. The van der Waals surface area contributed by atoms with E-state index in [1.807, 2.05) is 0 Å². The summed E-state index contributed by atoms with van der Waals surface area (Å²) < 4.78 is 0. The molecule has 120 valence electrons. The number of guanidine groups is 1. The third kappa shape index (κ3) is 7.11. The Hall–Kier alpha value is -0.0400. The van der Waals surface area contributed by atoms with Gasteiger partial charge in [0.2, 0.25) is 0 Å². The summed E-state index contributed by atoms with van der Waals surface area (Å²) in [5.41, 5.74) is 6.15. The second-order valence-corrected chi connectivity index (χ2v) is 6.64. The summed E-state index contributed by atoms with van der Waals surface area (Å²) in [5.74, 6) is 2.17. The Labute approximate surface area is 142 Å². The highest BCUT2D eigenvalue weighted by Gasteiger charge is 2.18. The second-order valence-electron chi connectivity index (χ2n) is 6.64. The first-order chi connectivity index (χ1) is 8.90. The summed E-state index contributed by atoms with van der Waals surface area (Å²) >= 11 is 0. The fourth-order valence-electron chi connectivity index (χ4n) is 2.69. The van der Waals surface area contributed by atoms with Crippen molar-refractivity contribution in [1.82, 2.24) is 9.80 Å². The summed E-state index contributed by atoms with van der Waals surface area (Å²) in [4.78, 5) is 9.14. The number of hydrogen-bond acceptors (Lipinski definition) is 2. The largest absolute Gasteiger partial charge is 0.370 e. The summed E-state index contributed by atoms with van der Waals surface area (Å²) in [6.07, 6.45) is 3.72. The predicted molar refractivity (Wildman–Crippen MR) is 98.8 cm³/mol. The molecule has 0 radical (unpaired) electrons. The second kappa shape index (κ2) is 9.82. The first-order valence-electron chi connectivity index (χ1n) is 7.61. The Kier molecular flexibility index (Phi) is 9.80. The molecule has 0 saturated carbocycles. The molecule has 0 aromatic rings. The zero-order valence-corrected chi connectivity index (χ0v) is 16.1. The number of hydrogen-bond donors (Lipinski definition) is 1. The van der Waals surface area contributed by atoms with Crippen LogP contribution in [0, 0.1) is 11.8 Å². The van der Waals surface area contributed by atoms with E-state index in [0.29, 0.717) is 12.0 Å². The summed E-state index contributed by atoms with van der Waals surface area (Å²) in [7, 11) is 4.25. The number of aliphatic imine (C=N–C) groups is 1. The van der Waals surface area contributed by atoms with Gasteiger partial charge in [0.05, 0.1) is 6.54 Å². The van der Waals surface area contributed by atoms with Gasteiger partial charge in [-0.15, -0.1) is 24.0 Å². The SMILES string of the molecule is CC(C)CC(CN=C(N)N1CCCC(C)C1)N(C)C.I. The maximum absolute atomic E-state index is 6.15. The molecule has 1 heterocycles. The van der Waals surface area contributed by atoms with Crippen LogP contribution in [0.5, 0.6) is 0 Å². The van der Waals surface area contributed by atoms with E-state index < -0.39 is 0 Å². The van der Waals surface area contributed by atoms with Crippen LogP contribution in [0.1, 0.15) is 40.0 Å². The molecule has 5 heteroatoms. The van der Waals surface area contributed by atoms with Crippen molar-refractivity contribution in [2.75, 3.05) is 33.7 Å². The van der Waals surface area contributed by atoms with Gasteiger partial charge in [0.25, 0.3) is 0 Å². The maximum Gasteiger partial charge on any atom is 0.191 e. The van der Waals surface area contributed by atoms with E-state index in [-0.39, 0.29) is 24.0 Å². The van der Waals surface area contributed by atoms with Gasteiger partial charge >= 0.3 is 0 Å². The van der Waals surface area contributed by atoms with Gasteiger partial charge in [0, 0.05) is 19.1 Å². The molecule has 4 nitrogen and oxygen atoms in total. The van der Waals surface area contributed by atoms with Crippen molar-refractivity contribution in [3.05, 3.63) is 0 Å². The standard InChI is InChI=1S/C15H32N4.HI/c1-12(2)9-14(18(4)5)10-17-15(16)19-8-6-7-13(3)11-19;/h12-14H,6-11H2,1-5H3,(H2,16,17);1H. The quantitative estimate of drug-likeness (QED) is 0.442. The monoisotopic (exact) mass is 396 g/mol. The highest BCUT2D eigenvalue weighted by atomic mass is 127. The lowest BCUT2D eigenvalue weighted by Crippen LogP contribution is -2.44. The predicted octanol–water partition coefficient (Wildman–Crippen LogP) is 2.63. The van der Waals surface area contributed by atoms with Crippen LogP contribution in [-0.2, 0) is 0 Å². The van der Waals surface area contributed by atoms with Gasteiger partial charge in [0.15, 0.2) is 5.96 Å². The van der Waals surface area contributed by atoms with E-state index >= 15 is 0 Å². The third-order valence-electron chi connectivity index (χ3n) is 3.92. The summed E-state index contributed by atoms with van der Waals surface area (Å²) in [6, 6.07) is 0.487. The number of rotatable bonds is 5. The van der Waals surface area contributed by atoms with Gasteiger partial charge in [-0.2, -0.15) is 0 Å². The van der Waals surface area contributed by atoms with Gasteiger partial charge < -0.3 is 15.5 Å². The minimum Gasteiger partial charge on any atom is -0.370 e. The Morgan fingerprint density at radius 3 is 2.55 bits per heavy atom. The average molecular weight is 396 g/mol. The summed E-state index contributed by atoms with van der Waals surface area (Å²) in [6.45, 7) is 9.75. The van der Waals surface area contributed by atoms with Crippen LogP contribution in [0.15, 0.2) is 4.99 Å². The van der Waals surface area contributed by atoms with E-state index in [9.17, 15) is 0 Å². The van der Waals surface area contributed by atoms with E-state index in [4.69, 9.17) is 5.73 Å². The van der Waals surface area contributed by atoms with Gasteiger partial charge in [-0.05, 0) is 45.2 Å². The molecule has 1 fully saturated rings. The van der Waals surface area contributed by atoms with Crippen LogP contribution in [0.25, 0.3) is 0 Å². The fourth-order valence-corrected chi connectivity index (χ4v) is 2.69. The Balaban J connectivity index is 0.00000361. The Bertz CT molecular complexity index is 292. The number of nitrogens with two attached hydrogens (primary N) is 1. The molecule has 0 bridgehead atoms. The van der Waals surface area contributed by atoms with Crippen molar-refractivity contribution in [2.24, 2.45) is 22.6 Å². The molecule has 0 aliphatic carbocycles. The highest BCUT2D eigenvalue weighted by molar-refractivity contribution is 14.0. The molecule has 0 aromatic heterocycles. The molecule has 2 N–H and O–H groups in total. The van der Waals surface area contributed by atoms with Crippen LogP contribution >= 0.6 is 24.0 Å². The Morgan fingerprint density at radius 2 is 2.05 bits per heavy atom. The van der Waals surface area contributed by atoms with Crippen molar-refractivity contribution >= 4 is 29.9 Å². The number of halogens is 1. The lowest BCUT2D eigenvalue weighted by atomic mass is 10.0. The van der Waals surface area contributed by atoms with Crippen molar-refractivity contribution in [3.8, 4) is 0 Å². The molecule has 1 aliphatic heterocycles.